The summed E-state index contributed by atoms with van der Waals surface area (Å²) in [4.78, 5) is 12.4. The quantitative estimate of drug-likeness (QED) is 0.488. The molecule has 1 aliphatic rings. The molecule has 0 bridgehead atoms. The largest absolute Gasteiger partial charge is 0.484 e. The van der Waals surface area contributed by atoms with Crippen molar-refractivity contribution >= 4 is 26.0 Å². The summed E-state index contributed by atoms with van der Waals surface area (Å²) in [7, 11) is -7.16. The van der Waals surface area contributed by atoms with Gasteiger partial charge in [-0.15, -0.1) is 0 Å². The standard InChI is InChI=1S/C22H29N3O7S2/c1-17(2)24-33(27,28)20-9-5-19(6-10-20)32-16-22(26)23-15-18-3-7-21(8-4-18)34(29,30)25-11-13-31-14-12-25/h3-10,17,24H,11-16H2,1-2H3,(H,23,26). The summed E-state index contributed by atoms with van der Waals surface area (Å²) in [6.07, 6.45) is 0. The number of morpholine rings is 1. The van der Waals surface area contributed by atoms with E-state index in [2.05, 4.69) is 10.0 Å². The molecule has 1 aliphatic heterocycles. The SMILES string of the molecule is CC(C)NS(=O)(=O)c1ccc(OCC(=O)NCc2ccc(S(=O)(=O)N3CCOCC3)cc2)cc1. The molecule has 0 saturated carbocycles. The number of hydrogen-bond acceptors (Lipinski definition) is 7. The Morgan fingerprint density at radius 2 is 1.56 bits per heavy atom. The minimum atomic E-state index is -3.60. The van der Waals surface area contributed by atoms with Crippen LogP contribution in [0, 0.1) is 0 Å². The molecule has 2 aromatic carbocycles. The zero-order chi connectivity index (χ0) is 24.8. The van der Waals surface area contributed by atoms with E-state index in [4.69, 9.17) is 9.47 Å². The molecule has 0 atom stereocenters. The number of hydrogen-bond donors (Lipinski definition) is 2. The molecule has 186 valence electrons. The lowest BCUT2D eigenvalue weighted by Crippen LogP contribution is -2.40. The molecule has 0 spiro atoms. The van der Waals surface area contributed by atoms with E-state index in [9.17, 15) is 21.6 Å². The Morgan fingerprint density at radius 1 is 0.971 bits per heavy atom. The first-order chi connectivity index (χ1) is 16.1. The second-order valence-corrected chi connectivity index (χ2v) is 11.6. The van der Waals surface area contributed by atoms with E-state index in [1.807, 2.05) is 0 Å². The van der Waals surface area contributed by atoms with Crippen LogP contribution in [0.25, 0.3) is 0 Å². The lowest BCUT2D eigenvalue weighted by Gasteiger charge is -2.26. The average Bonchev–Trinajstić information content (AvgIpc) is 2.81. The molecule has 1 fully saturated rings. The van der Waals surface area contributed by atoms with E-state index in [0.29, 0.717) is 32.1 Å². The summed E-state index contributed by atoms with van der Waals surface area (Å²) in [5.74, 6) is -0.0143. The topological polar surface area (TPSA) is 131 Å². The van der Waals surface area contributed by atoms with Crippen molar-refractivity contribution in [2.45, 2.75) is 36.2 Å². The van der Waals surface area contributed by atoms with Gasteiger partial charge in [-0.25, -0.2) is 21.6 Å². The van der Waals surface area contributed by atoms with Gasteiger partial charge in [0.05, 0.1) is 23.0 Å². The molecular weight excluding hydrogens is 482 g/mol. The second kappa shape index (κ2) is 11.3. The van der Waals surface area contributed by atoms with Gasteiger partial charge in [0.15, 0.2) is 6.61 Å². The van der Waals surface area contributed by atoms with Crippen LogP contribution in [0.15, 0.2) is 58.3 Å². The van der Waals surface area contributed by atoms with Crippen LogP contribution in [0.3, 0.4) is 0 Å². The van der Waals surface area contributed by atoms with E-state index in [-0.39, 0.29) is 34.9 Å². The fourth-order valence-electron chi connectivity index (χ4n) is 3.21. The predicted octanol–water partition coefficient (Wildman–Crippen LogP) is 1.09. The van der Waals surface area contributed by atoms with Crippen molar-refractivity contribution in [3.05, 3.63) is 54.1 Å². The third kappa shape index (κ3) is 7.00. The minimum Gasteiger partial charge on any atom is -0.484 e. The molecule has 2 aromatic rings. The number of carbonyl (C=O) groups is 1. The number of ether oxygens (including phenoxy) is 2. The van der Waals surface area contributed by atoms with Gasteiger partial charge in [-0.3, -0.25) is 4.79 Å². The molecule has 3 rings (SSSR count). The number of nitrogens with one attached hydrogen (secondary N) is 2. The molecule has 12 heteroatoms. The molecule has 0 radical (unpaired) electrons. The number of rotatable bonds is 10. The normalized spacial score (nSPS) is 15.3. The van der Waals surface area contributed by atoms with Crippen LogP contribution >= 0.6 is 0 Å². The summed E-state index contributed by atoms with van der Waals surface area (Å²) >= 11 is 0. The van der Waals surface area contributed by atoms with Crippen molar-refractivity contribution in [1.82, 2.24) is 14.3 Å². The van der Waals surface area contributed by atoms with Gasteiger partial charge < -0.3 is 14.8 Å². The summed E-state index contributed by atoms with van der Waals surface area (Å²) in [6.45, 7) is 4.83. The molecule has 34 heavy (non-hydrogen) atoms. The van der Waals surface area contributed by atoms with Gasteiger partial charge in [-0.1, -0.05) is 12.1 Å². The zero-order valence-electron chi connectivity index (χ0n) is 19.1. The maximum Gasteiger partial charge on any atom is 0.258 e. The van der Waals surface area contributed by atoms with Crippen molar-refractivity contribution < 1.29 is 31.1 Å². The third-order valence-corrected chi connectivity index (χ3v) is 8.50. The van der Waals surface area contributed by atoms with E-state index in [0.717, 1.165) is 5.56 Å². The van der Waals surface area contributed by atoms with Gasteiger partial charge in [-0.05, 0) is 55.8 Å². The highest BCUT2D eigenvalue weighted by molar-refractivity contribution is 7.89. The van der Waals surface area contributed by atoms with Crippen molar-refractivity contribution in [2.24, 2.45) is 0 Å². The molecule has 1 amide bonds. The van der Waals surface area contributed by atoms with Crippen LogP contribution in [0.1, 0.15) is 19.4 Å². The second-order valence-electron chi connectivity index (χ2n) is 7.97. The number of amides is 1. The smallest absolute Gasteiger partial charge is 0.258 e. The van der Waals surface area contributed by atoms with Crippen molar-refractivity contribution in [3.8, 4) is 5.75 Å². The van der Waals surface area contributed by atoms with Crippen LogP contribution < -0.4 is 14.8 Å². The molecule has 1 saturated heterocycles. The van der Waals surface area contributed by atoms with Gasteiger partial charge in [0.2, 0.25) is 20.0 Å². The molecule has 2 N–H and O–H groups in total. The van der Waals surface area contributed by atoms with Crippen molar-refractivity contribution in [3.63, 3.8) is 0 Å². The Labute approximate surface area is 200 Å². The number of benzene rings is 2. The van der Waals surface area contributed by atoms with Crippen LogP contribution in [-0.2, 0) is 36.1 Å². The van der Waals surface area contributed by atoms with E-state index in [1.165, 1.54) is 40.7 Å². The first kappa shape index (κ1) is 26.1. The van der Waals surface area contributed by atoms with Crippen LogP contribution in [0.4, 0.5) is 0 Å². The minimum absolute atomic E-state index is 0.108. The number of nitrogens with zero attached hydrogens (tertiary/aromatic N) is 1. The van der Waals surface area contributed by atoms with Gasteiger partial charge in [0, 0.05) is 25.7 Å². The van der Waals surface area contributed by atoms with Crippen molar-refractivity contribution in [1.29, 1.82) is 0 Å². The van der Waals surface area contributed by atoms with E-state index >= 15 is 0 Å². The molecule has 0 aromatic heterocycles. The van der Waals surface area contributed by atoms with E-state index in [1.54, 1.807) is 26.0 Å². The van der Waals surface area contributed by atoms with Gasteiger partial charge in [0.25, 0.3) is 5.91 Å². The number of carbonyl (C=O) groups excluding carboxylic acids is 1. The Balaban J connectivity index is 1.48. The van der Waals surface area contributed by atoms with Gasteiger partial charge in [0.1, 0.15) is 5.75 Å². The fraction of sp³-hybridized carbons (Fsp3) is 0.409. The Morgan fingerprint density at radius 3 is 2.15 bits per heavy atom. The highest BCUT2D eigenvalue weighted by atomic mass is 32.2. The van der Waals surface area contributed by atoms with Crippen LogP contribution in [0.5, 0.6) is 5.75 Å². The van der Waals surface area contributed by atoms with Crippen LogP contribution in [0.2, 0.25) is 0 Å². The van der Waals surface area contributed by atoms with Crippen molar-refractivity contribution in [2.75, 3.05) is 32.9 Å². The summed E-state index contributed by atoms with van der Waals surface area (Å²) in [5.41, 5.74) is 0.737. The molecule has 1 heterocycles. The first-order valence-electron chi connectivity index (χ1n) is 10.8. The fourth-order valence-corrected chi connectivity index (χ4v) is 5.87. The van der Waals surface area contributed by atoms with E-state index < -0.39 is 20.0 Å². The summed E-state index contributed by atoms with van der Waals surface area (Å²) in [6, 6.07) is 11.9. The summed E-state index contributed by atoms with van der Waals surface area (Å²) < 4.78 is 64.1. The zero-order valence-corrected chi connectivity index (χ0v) is 20.7. The highest BCUT2D eigenvalue weighted by Crippen LogP contribution is 2.18. The third-order valence-electron chi connectivity index (χ3n) is 4.92. The number of sulfonamides is 2. The molecular formula is C22H29N3O7S2. The average molecular weight is 512 g/mol. The Hall–Kier alpha value is -2.51. The predicted molar refractivity (Wildman–Crippen MR) is 125 cm³/mol. The Bertz CT molecular complexity index is 1170. The van der Waals surface area contributed by atoms with Gasteiger partial charge >= 0.3 is 0 Å². The Kier molecular flexibility index (Phi) is 8.66. The summed E-state index contributed by atoms with van der Waals surface area (Å²) in [5, 5.41) is 2.70. The lowest BCUT2D eigenvalue weighted by atomic mass is 10.2. The lowest BCUT2D eigenvalue weighted by molar-refractivity contribution is -0.123. The maximum absolute atomic E-state index is 12.7. The first-order valence-corrected chi connectivity index (χ1v) is 13.7. The van der Waals surface area contributed by atoms with Crippen LogP contribution in [-0.4, -0.2) is 66.0 Å². The highest BCUT2D eigenvalue weighted by Gasteiger charge is 2.26. The molecule has 0 aliphatic carbocycles. The maximum atomic E-state index is 12.7. The van der Waals surface area contributed by atoms with Gasteiger partial charge in [-0.2, -0.15) is 4.31 Å². The monoisotopic (exact) mass is 511 g/mol. The molecule has 0 unspecified atom stereocenters. The molecule has 10 nitrogen and oxygen atoms in total.